The van der Waals surface area contributed by atoms with E-state index in [1.54, 1.807) is 24.4 Å². The number of hydrogen-bond donors (Lipinski definition) is 1. The fraction of sp³-hybridized carbons (Fsp3) is 0.250. The Morgan fingerprint density at radius 3 is 2.88 bits per heavy atom. The number of nitrogens with one attached hydrogen (secondary N) is 1. The minimum Gasteiger partial charge on any atom is -0.323 e. The van der Waals surface area contributed by atoms with Crippen LogP contribution >= 0.6 is 0 Å². The number of rotatable bonds is 3. The van der Waals surface area contributed by atoms with Gasteiger partial charge in [0.1, 0.15) is 5.82 Å². The number of nitrogens with zero attached hydrogens (tertiary/aromatic N) is 2. The van der Waals surface area contributed by atoms with E-state index >= 15 is 0 Å². The first kappa shape index (κ1) is 9.39. The van der Waals surface area contributed by atoms with Crippen LogP contribution in [-0.2, 0) is 0 Å². The summed E-state index contributed by atoms with van der Waals surface area (Å²) in [6.07, 6.45) is 6.03. The molecule has 3 rings (SSSR count). The Kier molecular flexibility index (Phi) is 2.13. The van der Waals surface area contributed by atoms with E-state index in [0.29, 0.717) is 17.7 Å². The molecule has 16 heavy (non-hydrogen) atoms. The van der Waals surface area contributed by atoms with Crippen molar-refractivity contribution in [3.63, 3.8) is 0 Å². The monoisotopic (exact) mass is 217 g/mol. The molecule has 1 aliphatic rings. The lowest BCUT2D eigenvalue weighted by atomic mass is 10.3. The minimum absolute atomic E-state index is 0.257. The van der Waals surface area contributed by atoms with E-state index in [4.69, 9.17) is 0 Å². The Morgan fingerprint density at radius 2 is 2.12 bits per heavy atom. The third kappa shape index (κ3) is 1.66. The molecule has 1 aliphatic carbocycles. The summed E-state index contributed by atoms with van der Waals surface area (Å²) >= 11 is 0. The van der Waals surface area contributed by atoms with Gasteiger partial charge in [0.05, 0.1) is 5.69 Å². The molecule has 2 aromatic rings. The van der Waals surface area contributed by atoms with E-state index in [1.165, 1.54) is 18.9 Å². The van der Waals surface area contributed by atoms with E-state index < -0.39 is 0 Å². The van der Waals surface area contributed by atoms with Crippen molar-refractivity contribution in [2.75, 3.05) is 5.32 Å². The Hall–Kier alpha value is -1.84. The van der Waals surface area contributed by atoms with E-state index in [1.807, 2.05) is 6.20 Å². The second kappa shape index (κ2) is 3.63. The van der Waals surface area contributed by atoms with Gasteiger partial charge < -0.3 is 9.88 Å². The molecule has 0 radical (unpaired) electrons. The van der Waals surface area contributed by atoms with Crippen molar-refractivity contribution in [1.82, 2.24) is 9.55 Å². The molecule has 0 bridgehead atoms. The molecule has 0 saturated heterocycles. The maximum Gasteiger partial charge on any atom is 0.207 e. The predicted molar refractivity (Wildman–Crippen MR) is 60.2 cm³/mol. The summed E-state index contributed by atoms with van der Waals surface area (Å²) in [6, 6.07) is 7.16. The topological polar surface area (TPSA) is 29.9 Å². The Morgan fingerprint density at radius 1 is 1.31 bits per heavy atom. The zero-order valence-corrected chi connectivity index (χ0v) is 8.73. The largest absolute Gasteiger partial charge is 0.323 e. The summed E-state index contributed by atoms with van der Waals surface area (Å²) in [4.78, 5) is 4.20. The lowest BCUT2D eigenvalue weighted by Crippen LogP contribution is -2.02. The number of hydrogen-bond acceptors (Lipinski definition) is 2. The smallest absolute Gasteiger partial charge is 0.207 e. The predicted octanol–water partition coefficient (Wildman–Crippen LogP) is 3.10. The van der Waals surface area contributed by atoms with Crippen LogP contribution < -0.4 is 5.32 Å². The molecule has 0 aliphatic heterocycles. The van der Waals surface area contributed by atoms with Gasteiger partial charge in [-0.15, -0.1) is 0 Å². The quantitative estimate of drug-likeness (QED) is 0.856. The Bertz CT molecular complexity index is 502. The highest BCUT2D eigenvalue weighted by Gasteiger charge is 2.25. The third-order valence-electron chi connectivity index (χ3n) is 2.73. The average Bonchev–Trinajstić information content (AvgIpc) is 3.03. The summed E-state index contributed by atoms with van der Waals surface area (Å²) < 4.78 is 15.5. The maximum atomic E-state index is 13.4. The van der Waals surface area contributed by atoms with Crippen molar-refractivity contribution in [1.29, 1.82) is 0 Å². The van der Waals surface area contributed by atoms with Crippen LogP contribution in [0.3, 0.4) is 0 Å². The van der Waals surface area contributed by atoms with Gasteiger partial charge in [-0.3, -0.25) is 0 Å². The van der Waals surface area contributed by atoms with E-state index in [-0.39, 0.29) is 5.82 Å². The molecule has 0 spiro atoms. The molecule has 1 heterocycles. The first-order chi connectivity index (χ1) is 7.84. The van der Waals surface area contributed by atoms with E-state index in [2.05, 4.69) is 14.9 Å². The fourth-order valence-electron chi connectivity index (χ4n) is 1.74. The van der Waals surface area contributed by atoms with Crippen LogP contribution in [0.2, 0.25) is 0 Å². The van der Waals surface area contributed by atoms with Gasteiger partial charge in [0.25, 0.3) is 0 Å². The van der Waals surface area contributed by atoms with E-state index in [0.717, 1.165) is 0 Å². The lowest BCUT2D eigenvalue weighted by Gasteiger charge is -2.09. The number of anilines is 2. The standard InChI is InChI=1S/C12H12FN3/c13-10-3-1-2-4-11(10)15-12-14-7-8-16(12)9-5-6-9/h1-4,7-9H,5-6H2,(H,14,15). The van der Waals surface area contributed by atoms with Crippen molar-refractivity contribution in [3.8, 4) is 0 Å². The van der Waals surface area contributed by atoms with Gasteiger partial charge in [-0.05, 0) is 25.0 Å². The normalized spacial score (nSPS) is 15.1. The van der Waals surface area contributed by atoms with Crippen molar-refractivity contribution < 1.29 is 4.39 Å². The van der Waals surface area contributed by atoms with Crippen molar-refractivity contribution in [2.24, 2.45) is 0 Å². The number of para-hydroxylation sites is 1. The molecule has 4 heteroatoms. The molecule has 1 fully saturated rings. The number of benzene rings is 1. The van der Waals surface area contributed by atoms with Gasteiger partial charge in [-0.2, -0.15) is 0 Å². The lowest BCUT2D eigenvalue weighted by molar-refractivity contribution is 0.631. The van der Waals surface area contributed by atoms with Crippen LogP contribution in [0, 0.1) is 5.82 Å². The highest BCUT2D eigenvalue weighted by molar-refractivity contribution is 5.54. The Labute approximate surface area is 92.9 Å². The first-order valence-electron chi connectivity index (χ1n) is 5.39. The first-order valence-corrected chi connectivity index (χ1v) is 5.39. The van der Waals surface area contributed by atoms with Gasteiger partial charge in [0, 0.05) is 18.4 Å². The molecular formula is C12H12FN3. The van der Waals surface area contributed by atoms with Crippen molar-refractivity contribution >= 4 is 11.6 Å². The van der Waals surface area contributed by atoms with Crippen LogP contribution in [-0.4, -0.2) is 9.55 Å². The number of imidazole rings is 1. The summed E-state index contributed by atoms with van der Waals surface area (Å²) in [7, 11) is 0. The second-order valence-corrected chi connectivity index (χ2v) is 3.99. The summed E-state index contributed by atoms with van der Waals surface area (Å²) in [6.45, 7) is 0. The van der Waals surface area contributed by atoms with Gasteiger partial charge in [0.15, 0.2) is 0 Å². The molecule has 3 nitrogen and oxygen atoms in total. The van der Waals surface area contributed by atoms with Crippen LogP contribution in [0.15, 0.2) is 36.7 Å². The SMILES string of the molecule is Fc1ccccc1Nc1nccn1C1CC1. The van der Waals surface area contributed by atoms with Gasteiger partial charge >= 0.3 is 0 Å². The van der Waals surface area contributed by atoms with E-state index in [9.17, 15) is 4.39 Å². The van der Waals surface area contributed by atoms with Crippen LogP contribution in [0.25, 0.3) is 0 Å². The number of halogens is 1. The summed E-state index contributed by atoms with van der Waals surface area (Å²) in [5.41, 5.74) is 0.468. The average molecular weight is 217 g/mol. The minimum atomic E-state index is -0.257. The molecule has 1 aromatic carbocycles. The molecule has 1 aromatic heterocycles. The molecule has 1 N–H and O–H groups in total. The number of aromatic nitrogens is 2. The molecule has 0 atom stereocenters. The van der Waals surface area contributed by atoms with Crippen LogP contribution in [0.4, 0.5) is 16.0 Å². The molecule has 0 amide bonds. The maximum absolute atomic E-state index is 13.4. The zero-order chi connectivity index (χ0) is 11.0. The highest BCUT2D eigenvalue weighted by atomic mass is 19.1. The molecular weight excluding hydrogens is 205 g/mol. The summed E-state index contributed by atoms with van der Waals surface area (Å²) in [5.74, 6) is 0.459. The molecule has 1 saturated carbocycles. The van der Waals surface area contributed by atoms with Gasteiger partial charge in [-0.1, -0.05) is 12.1 Å². The zero-order valence-electron chi connectivity index (χ0n) is 8.73. The van der Waals surface area contributed by atoms with Gasteiger partial charge in [-0.25, -0.2) is 9.37 Å². The Balaban J connectivity index is 1.88. The van der Waals surface area contributed by atoms with Gasteiger partial charge in [0.2, 0.25) is 5.95 Å². The van der Waals surface area contributed by atoms with Crippen LogP contribution in [0.1, 0.15) is 18.9 Å². The fourth-order valence-corrected chi connectivity index (χ4v) is 1.74. The van der Waals surface area contributed by atoms with Crippen molar-refractivity contribution in [3.05, 3.63) is 42.5 Å². The van der Waals surface area contributed by atoms with Crippen LogP contribution in [0.5, 0.6) is 0 Å². The molecule has 82 valence electrons. The second-order valence-electron chi connectivity index (χ2n) is 3.99. The summed E-state index contributed by atoms with van der Waals surface area (Å²) in [5, 5.41) is 3.02. The third-order valence-corrected chi connectivity index (χ3v) is 2.73. The molecule has 0 unspecified atom stereocenters. The van der Waals surface area contributed by atoms with Crippen molar-refractivity contribution in [2.45, 2.75) is 18.9 Å². The highest BCUT2D eigenvalue weighted by Crippen LogP contribution is 2.37.